The first-order valence-electron chi connectivity index (χ1n) is 11.4. The minimum atomic E-state index is -4.30. The summed E-state index contributed by atoms with van der Waals surface area (Å²) in [5, 5.41) is 1.17. The van der Waals surface area contributed by atoms with E-state index in [2.05, 4.69) is 17.0 Å². The number of hydrogen-bond acceptors (Lipinski definition) is 2. The number of alkyl halides is 3. The molecule has 3 aromatic carbocycles. The summed E-state index contributed by atoms with van der Waals surface area (Å²) in [6, 6.07) is 19.3. The van der Waals surface area contributed by atoms with Crippen LogP contribution < -0.4 is 0 Å². The first-order valence-corrected chi connectivity index (χ1v) is 12.1. The molecule has 2 aliphatic heterocycles. The van der Waals surface area contributed by atoms with Crippen LogP contribution >= 0.6 is 23.2 Å². The van der Waals surface area contributed by atoms with Crippen molar-refractivity contribution in [2.75, 3.05) is 19.6 Å². The van der Waals surface area contributed by atoms with Crippen LogP contribution in [-0.4, -0.2) is 24.5 Å². The van der Waals surface area contributed by atoms with Gasteiger partial charge in [-0.3, -0.25) is 0 Å². The van der Waals surface area contributed by atoms with Gasteiger partial charge in [0.15, 0.2) is 0 Å². The number of ether oxygens (including phenoxy) is 1. The van der Waals surface area contributed by atoms with E-state index >= 15 is 0 Å². The molecule has 0 aromatic heterocycles. The van der Waals surface area contributed by atoms with E-state index in [1.54, 1.807) is 18.2 Å². The van der Waals surface area contributed by atoms with Crippen molar-refractivity contribution in [2.45, 2.75) is 37.1 Å². The molecule has 34 heavy (non-hydrogen) atoms. The molecule has 0 amide bonds. The fraction of sp³-hybridized carbons (Fsp3) is 0.333. The number of halogens is 5. The fourth-order valence-corrected chi connectivity index (χ4v) is 5.68. The highest BCUT2D eigenvalue weighted by Gasteiger charge is 2.47. The lowest BCUT2D eigenvalue weighted by Crippen LogP contribution is -2.43. The third-order valence-corrected chi connectivity index (χ3v) is 7.36. The van der Waals surface area contributed by atoms with Crippen molar-refractivity contribution in [1.82, 2.24) is 4.90 Å². The van der Waals surface area contributed by atoms with E-state index in [1.807, 2.05) is 24.3 Å². The van der Waals surface area contributed by atoms with Gasteiger partial charge < -0.3 is 9.64 Å². The van der Waals surface area contributed by atoms with Crippen molar-refractivity contribution in [3.8, 4) is 0 Å². The zero-order valence-electron chi connectivity index (χ0n) is 18.4. The van der Waals surface area contributed by atoms with Gasteiger partial charge in [0.25, 0.3) is 0 Å². The highest BCUT2D eigenvalue weighted by molar-refractivity contribution is 6.34. The minimum absolute atomic E-state index is 0.217. The standard InChI is InChI=1S/C27H24Cl2F3NO/c28-21-15-19(16-22(29)17-21)25-23-3-1-2-4-24(23)26(34-25)10-13-33(14-11-26)12-9-18-5-7-20(8-6-18)27(30,31)32/h1-8,15-17,25H,9-14H2. The van der Waals surface area contributed by atoms with Crippen LogP contribution in [0, 0.1) is 0 Å². The molecular weight excluding hydrogens is 482 g/mol. The van der Waals surface area contributed by atoms with Gasteiger partial charge in [-0.2, -0.15) is 13.2 Å². The molecule has 1 saturated heterocycles. The van der Waals surface area contributed by atoms with Crippen molar-refractivity contribution in [1.29, 1.82) is 0 Å². The summed E-state index contributed by atoms with van der Waals surface area (Å²) >= 11 is 12.5. The van der Waals surface area contributed by atoms with Crippen LogP contribution in [0.15, 0.2) is 66.7 Å². The highest BCUT2D eigenvalue weighted by atomic mass is 35.5. The van der Waals surface area contributed by atoms with Crippen LogP contribution in [0.1, 0.15) is 46.8 Å². The van der Waals surface area contributed by atoms with Crippen LogP contribution in [-0.2, 0) is 22.9 Å². The average molecular weight is 506 g/mol. The summed E-state index contributed by atoms with van der Waals surface area (Å²) in [5.41, 5.74) is 3.27. The van der Waals surface area contributed by atoms with E-state index in [1.165, 1.54) is 5.56 Å². The maximum Gasteiger partial charge on any atom is 0.416 e. The van der Waals surface area contributed by atoms with Gasteiger partial charge in [0.05, 0.1) is 11.2 Å². The van der Waals surface area contributed by atoms with Gasteiger partial charge in [0, 0.05) is 29.7 Å². The lowest BCUT2D eigenvalue weighted by molar-refractivity contribution is -0.137. The van der Waals surface area contributed by atoms with Crippen LogP contribution in [0.3, 0.4) is 0 Å². The van der Waals surface area contributed by atoms with Gasteiger partial charge in [0.1, 0.15) is 6.10 Å². The Hall–Kier alpha value is -2.05. The van der Waals surface area contributed by atoms with Gasteiger partial charge in [-0.15, -0.1) is 0 Å². The maximum atomic E-state index is 12.8. The Labute approximate surface area is 207 Å². The Morgan fingerprint density at radius 2 is 1.56 bits per heavy atom. The van der Waals surface area contributed by atoms with Gasteiger partial charge in [-0.1, -0.05) is 59.6 Å². The van der Waals surface area contributed by atoms with E-state index in [0.29, 0.717) is 16.5 Å². The van der Waals surface area contributed by atoms with E-state index in [-0.39, 0.29) is 11.7 Å². The number of nitrogens with zero attached hydrogens (tertiary/aromatic N) is 1. The third-order valence-electron chi connectivity index (χ3n) is 6.93. The molecule has 3 aromatic rings. The lowest BCUT2D eigenvalue weighted by atomic mass is 9.83. The molecule has 2 heterocycles. The van der Waals surface area contributed by atoms with E-state index < -0.39 is 11.7 Å². The Balaban J connectivity index is 1.27. The number of piperidine rings is 1. The molecule has 0 aliphatic carbocycles. The summed E-state index contributed by atoms with van der Waals surface area (Å²) in [4.78, 5) is 2.36. The van der Waals surface area contributed by atoms with E-state index in [0.717, 1.165) is 61.3 Å². The summed E-state index contributed by atoms with van der Waals surface area (Å²) in [7, 11) is 0. The first-order chi connectivity index (χ1) is 16.2. The second kappa shape index (κ2) is 9.19. The zero-order valence-corrected chi connectivity index (χ0v) is 19.9. The van der Waals surface area contributed by atoms with Gasteiger partial charge in [0.2, 0.25) is 0 Å². The Morgan fingerprint density at radius 1 is 0.912 bits per heavy atom. The number of likely N-dealkylation sites (tertiary alicyclic amines) is 1. The van der Waals surface area contributed by atoms with Crippen LogP contribution in [0.4, 0.5) is 13.2 Å². The molecule has 1 fully saturated rings. The predicted molar refractivity (Wildman–Crippen MR) is 128 cm³/mol. The molecule has 2 aliphatic rings. The molecule has 5 rings (SSSR count). The van der Waals surface area contributed by atoms with Crippen LogP contribution in [0.25, 0.3) is 0 Å². The normalized spacial score (nSPS) is 20.0. The van der Waals surface area contributed by atoms with Crippen molar-refractivity contribution >= 4 is 23.2 Å². The molecule has 7 heteroatoms. The van der Waals surface area contributed by atoms with Gasteiger partial charge in [-0.25, -0.2) is 0 Å². The Morgan fingerprint density at radius 3 is 2.21 bits per heavy atom. The quantitative estimate of drug-likeness (QED) is 0.360. The maximum absolute atomic E-state index is 12.8. The van der Waals surface area contributed by atoms with Crippen molar-refractivity contribution in [2.24, 2.45) is 0 Å². The Bertz CT molecular complexity index is 1150. The second-order valence-electron chi connectivity index (χ2n) is 9.07. The number of benzene rings is 3. The molecule has 2 nitrogen and oxygen atoms in total. The number of rotatable bonds is 4. The zero-order chi connectivity index (χ0) is 23.9. The largest absolute Gasteiger partial charge is 0.416 e. The first kappa shape index (κ1) is 23.7. The predicted octanol–water partition coefficient (Wildman–Crippen LogP) is 7.67. The molecule has 0 N–H and O–H groups in total. The molecule has 0 saturated carbocycles. The molecule has 1 spiro atoms. The second-order valence-corrected chi connectivity index (χ2v) is 9.94. The number of hydrogen-bond donors (Lipinski definition) is 0. The molecule has 1 atom stereocenters. The topological polar surface area (TPSA) is 12.5 Å². The Kier molecular flexibility index (Phi) is 6.40. The average Bonchev–Trinajstić information content (AvgIpc) is 3.12. The fourth-order valence-electron chi connectivity index (χ4n) is 5.14. The molecular formula is C27H24Cl2F3NO. The summed E-state index contributed by atoms with van der Waals surface area (Å²) in [6.07, 6.45) is -2.10. The highest BCUT2D eigenvalue weighted by Crippen LogP contribution is 2.51. The lowest BCUT2D eigenvalue weighted by Gasteiger charge is -2.40. The summed E-state index contributed by atoms with van der Waals surface area (Å²) in [6.45, 7) is 2.52. The SMILES string of the molecule is FC(F)(F)c1ccc(CCN2CCC3(CC2)OC(c2cc(Cl)cc(Cl)c2)c2ccccc23)cc1. The van der Waals surface area contributed by atoms with E-state index in [4.69, 9.17) is 27.9 Å². The van der Waals surface area contributed by atoms with Gasteiger partial charge in [-0.05, 0) is 71.8 Å². The van der Waals surface area contributed by atoms with Crippen LogP contribution in [0.5, 0.6) is 0 Å². The summed E-state index contributed by atoms with van der Waals surface area (Å²) in [5.74, 6) is 0. The van der Waals surface area contributed by atoms with Crippen molar-refractivity contribution < 1.29 is 17.9 Å². The number of fused-ring (bicyclic) bond motifs is 2. The molecule has 1 unspecified atom stereocenters. The smallest absolute Gasteiger partial charge is 0.358 e. The monoisotopic (exact) mass is 505 g/mol. The van der Waals surface area contributed by atoms with E-state index in [9.17, 15) is 13.2 Å². The third kappa shape index (κ3) is 4.72. The molecule has 0 bridgehead atoms. The molecule has 178 valence electrons. The van der Waals surface area contributed by atoms with Crippen molar-refractivity contribution in [3.63, 3.8) is 0 Å². The summed E-state index contributed by atoms with van der Waals surface area (Å²) < 4.78 is 45.1. The van der Waals surface area contributed by atoms with Gasteiger partial charge >= 0.3 is 6.18 Å². The molecule has 0 radical (unpaired) electrons. The minimum Gasteiger partial charge on any atom is -0.358 e. The van der Waals surface area contributed by atoms with Crippen molar-refractivity contribution in [3.05, 3.63) is 105 Å². The van der Waals surface area contributed by atoms with Crippen LogP contribution in [0.2, 0.25) is 10.0 Å².